The summed E-state index contributed by atoms with van der Waals surface area (Å²) in [7, 11) is 3.45. The van der Waals surface area contributed by atoms with Crippen LogP contribution in [0.25, 0.3) is 0 Å². The van der Waals surface area contributed by atoms with E-state index in [2.05, 4.69) is 20.7 Å². The second-order valence-corrected chi connectivity index (χ2v) is 5.82. The quantitative estimate of drug-likeness (QED) is 0.607. The molecule has 0 aliphatic rings. The number of benzene rings is 1. The first-order chi connectivity index (χ1) is 12.3. The number of nitrogens with zero attached hydrogens (tertiary/aromatic N) is 3. The Balaban J connectivity index is 1.96. The maximum Gasteiger partial charge on any atom is 0.422 e. The Morgan fingerprint density at radius 3 is 2.62 bits per heavy atom. The number of halogens is 3. The fourth-order valence-electron chi connectivity index (χ4n) is 2.25. The lowest BCUT2D eigenvalue weighted by Crippen LogP contribution is -2.36. The van der Waals surface area contributed by atoms with E-state index in [1.54, 1.807) is 37.0 Å². The van der Waals surface area contributed by atoms with Crippen LogP contribution in [0.1, 0.15) is 16.7 Å². The molecule has 2 aromatic rings. The molecule has 9 heteroatoms. The monoisotopic (exact) mass is 369 g/mol. The summed E-state index contributed by atoms with van der Waals surface area (Å²) < 4.78 is 43.9. The Kier molecular flexibility index (Phi) is 6.48. The lowest BCUT2D eigenvalue weighted by Gasteiger charge is -2.16. The summed E-state index contributed by atoms with van der Waals surface area (Å²) in [5.41, 5.74) is 2.43. The normalized spacial score (nSPS) is 12.2. The Hall–Kier alpha value is -2.71. The summed E-state index contributed by atoms with van der Waals surface area (Å²) >= 11 is 0. The highest BCUT2D eigenvalue weighted by Gasteiger charge is 2.28. The van der Waals surface area contributed by atoms with Crippen LogP contribution >= 0.6 is 0 Å². The lowest BCUT2D eigenvalue weighted by atomic mass is 10.1. The number of aliphatic imine (C=N–C) groups is 1. The third kappa shape index (κ3) is 6.30. The molecule has 1 heterocycles. The predicted molar refractivity (Wildman–Crippen MR) is 93.0 cm³/mol. The van der Waals surface area contributed by atoms with Crippen molar-refractivity contribution in [1.82, 2.24) is 20.4 Å². The van der Waals surface area contributed by atoms with E-state index in [0.29, 0.717) is 18.1 Å². The van der Waals surface area contributed by atoms with E-state index in [1.165, 1.54) is 0 Å². The van der Waals surface area contributed by atoms with Crippen LogP contribution in [0.4, 0.5) is 13.2 Å². The highest BCUT2D eigenvalue weighted by Crippen LogP contribution is 2.23. The van der Waals surface area contributed by atoms with Crippen molar-refractivity contribution in [3.05, 3.63) is 47.3 Å². The summed E-state index contributed by atoms with van der Waals surface area (Å²) in [6.07, 6.45) is -0.761. The minimum Gasteiger partial charge on any atom is -0.484 e. The SMILES string of the molecule is CN=C(NCc1cnn(C)c1)NCc1ccc(C)cc1OCC(F)(F)F. The maximum atomic E-state index is 12.4. The molecule has 0 amide bonds. The molecule has 1 aromatic heterocycles. The summed E-state index contributed by atoms with van der Waals surface area (Å²) in [4.78, 5) is 4.10. The first-order valence-corrected chi connectivity index (χ1v) is 7.98. The molecule has 0 radical (unpaired) electrons. The van der Waals surface area contributed by atoms with Crippen molar-refractivity contribution in [3.8, 4) is 5.75 Å². The van der Waals surface area contributed by atoms with Crippen LogP contribution in [0, 0.1) is 6.92 Å². The molecule has 2 N–H and O–H groups in total. The zero-order chi connectivity index (χ0) is 19.2. The largest absolute Gasteiger partial charge is 0.484 e. The van der Waals surface area contributed by atoms with Gasteiger partial charge in [-0.2, -0.15) is 18.3 Å². The van der Waals surface area contributed by atoms with Gasteiger partial charge in [0, 0.05) is 44.5 Å². The minimum absolute atomic E-state index is 0.206. The second-order valence-electron chi connectivity index (χ2n) is 5.82. The van der Waals surface area contributed by atoms with E-state index in [0.717, 1.165) is 11.1 Å². The average molecular weight is 369 g/mol. The first kappa shape index (κ1) is 19.6. The van der Waals surface area contributed by atoms with E-state index in [1.807, 2.05) is 19.3 Å². The second kappa shape index (κ2) is 8.59. The van der Waals surface area contributed by atoms with E-state index < -0.39 is 12.8 Å². The summed E-state index contributed by atoms with van der Waals surface area (Å²) in [5.74, 6) is 0.730. The van der Waals surface area contributed by atoms with Gasteiger partial charge < -0.3 is 15.4 Å². The minimum atomic E-state index is -4.38. The van der Waals surface area contributed by atoms with Crippen molar-refractivity contribution in [2.24, 2.45) is 12.0 Å². The van der Waals surface area contributed by atoms with Crippen LogP contribution in [-0.4, -0.2) is 35.6 Å². The molecule has 1 aromatic carbocycles. The van der Waals surface area contributed by atoms with Gasteiger partial charge in [-0.3, -0.25) is 9.67 Å². The van der Waals surface area contributed by atoms with Crippen LogP contribution in [-0.2, 0) is 20.1 Å². The van der Waals surface area contributed by atoms with Crippen LogP contribution in [0.2, 0.25) is 0 Å². The fraction of sp³-hybridized carbons (Fsp3) is 0.412. The molecule has 2 rings (SSSR count). The van der Waals surface area contributed by atoms with Crippen molar-refractivity contribution in [1.29, 1.82) is 0 Å². The van der Waals surface area contributed by atoms with E-state index in [9.17, 15) is 13.2 Å². The van der Waals surface area contributed by atoms with Crippen molar-refractivity contribution in [2.75, 3.05) is 13.7 Å². The zero-order valence-corrected chi connectivity index (χ0v) is 14.9. The van der Waals surface area contributed by atoms with Crippen molar-refractivity contribution < 1.29 is 17.9 Å². The van der Waals surface area contributed by atoms with Gasteiger partial charge in [0.15, 0.2) is 12.6 Å². The van der Waals surface area contributed by atoms with Gasteiger partial charge >= 0.3 is 6.18 Å². The van der Waals surface area contributed by atoms with Crippen molar-refractivity contribution in [2.45, 2.75) is 26.2 Å². The smallest absolute Gasteiger partial charge is 0.422 e. The topological polar surface area (TPSA) is 63.5 Å². The lowest BCUT2D eigenvalue weighted by molar-refractivity contribution is -0.153. The van der Waals surface area contributed by atoms with Crippen LogP contribution < -0.4 is 15.4 Å². The van der Waals surface area contributed by atoms with E-state index in [-0.39, 0.29) is 12.3 Å². The average Bonchev–Trinajstić information content (AvgIpc) is 2.99. The number of guanidine groups is 1. The number of hydrogen-bond donors (Lipinski definition) is 2. The number of aromatic nitrogens is 2. The van der Waals surface area contributed by atoms with Gasteiger partial charge in [0.25, 0.3) is 0 Å². The molecule has 0 unspecified atom stereocenters. The first-order valence-electron chi connectivity index (χ1n) is 7.98. The number of ether oxygens (including phenoxy) is 1. The standard InChI is InChI=1S/C17H22F3N5O/c1-12-4-5-14(15(6-12)26-11-17(18,19)20)9-23-16(21-2)22-7-13-8-24-25(3)10-13/h4-6,8,10H,7,9,11H2,1-3H3,(H2,21,22,23). The van der Waals surface area contributed by atoms with E-state index in [4.69, 9.17) is 4.74 Å². The van der Waals surface area contributed by atoms with E-state index >= 15 is 0 Å². The molecule has 0 spiro atoms. The molecule has 26 heavy (non-hydrogen) atoms. The zero-order valence-electron chi connectivity index (χ0n) is 14.9. The van der Waals surface area contributed by atoms with Crippen molar-refractivity contribution >= 4 is 5.96 Å². The Labute approximate surface area is 150 Å². The van der Waals surface area contributed by atoms with Crippen LogP contribution in [0.5, 0.6) is 5.75 Å². The van der Waals surface area contributed by atoms with Crippen LogP contribution in [0.15, 0.2) is 35.6 Å². The van der Waals surface area contributed by atoms with Gasteiger partial charge in [0.1, 0.15) is 5.75 Å². The van der Waals surface area contributed by atoms with Gasteiger partial charge in [-0.15, -0.1) is 0 Å². The molecule has 0 aliphatic heterocycles. The Bertz CT molecular complexity index is 755. The molecule has 0 saturated carbocycles. The van der Waals surface area contributed by atoms with Crippen molar-refractivity contribution in [3.63, 3.8) is 0 Å². The molecule has 142 valence electrons. The molecular formula is C17H22F3N5O. The summed E-state index contributed by atoms with van der Waals surface area (Å²) in [6, 6.07) is 5.15. The number of rotatable bonds is 6. The molecule has 0 bridgehead atoms. The molecular weight excluding hydrogens is 347 g/mol. The third-order valence-corrected chi connectivity index (χ3v) is 3.50. The predicted octanol–water partition coefficient (Wildman–Crippen LogP) is 2.53. The third-order valence-electron chi connectivity index (χ3n) is 3.50. The highest BCUT2D eigenvalue weighted by molar-refractivity contribution is 5.79. The fourth-order valence-corrected chi connectivity index (χ4v) is 2.25. The molecule has 6 nitrogen and oxygen atoms in total. The molecule has 0 saturated heterocycles. The summed E-state index contributed by atoms with van der Waals surface area (Å²) in [6.45, 7) is 1.28. The number of alkyl halides is 3. The van der Waals surface area contributed by atoms with Gasteiger partial charge in [0.05, 0.1) is 6.20 Å². The Morgan fingerprint density at radius 2 is 2.00 bits per heavy atom. The number of nitrogens with one attached hydrogen (secondary N) is 2. The van der Waals surface area contributed by atoms with Gasteiger partial charge in [-0.05, 0) is 18.6 Å². The molecule has 0 aliphatic carbocycles. The summed E-state index contributed by atoms with van der Waals surface area (Å²) in [5, 5.41) is 10.3. The molecule has 0 fully saturated rings. The number of hydrogen-bond acceptors (Lipinski definition) is 3. The molecule has 0 atom stereocenters. The van der Waals surface area contributed by atoms with Crippen LogP contribution in [0.3, 0.4) is 0 Å². The van der Waals surface area contributed by atoms with Gasteiger partial charge in [-0.25, -0.2) is 0 Å². The highest BCUT2D eigenvalue weighted by atomic mass is 19.4. The maximum absolute atomic E-state index is 12.4. The van der Waals surface area contributed by atoms with Gasteiger partial charge in [-0.1, -0.05) is 12.1 Å². The van der Waals surface area contributed by atoms with Gasteiger partial charge in [0.2, 0.25) is 0 Å². The number of aryl methyl sites for hydroxylation is 2. The Morgan fingerprint density at radius 1 is 1.27 bits per heavy atom.